The number of hydrogen-bond acceptors (Lipinski definition) is 3. The number of ether oxygens (including phenoxy) is 1. The van der Waals surface area contributed by atoms with Crippen molar-refractivity contribution in [2.45, 2.75) is 25.4 Å². The molecule has 0 saturated carbocycles. The molecule has 1 atom stereocenters. The summed E-state index contributed by atoms with van der Waals surface area (Å²) in [4.78, 5) is 19.2. The first kappa shape index (κ1) is 17.7. The second kappa shape index (κ2) is 7.48. The average Bonchev–Trinajstić information content (AvgIpc) is 3.22. The van der Waals surface area contributed by atoms with Crippen LogP contribution in [0.3, 0.4) is 0 Å². The maximum absolute atomic E-state index is 13.1. The Bertz CT molecular complexity index is 952. The molecule has 1 fully saturated rings. The van der Waals surface area contributed by atoms with E-state index < -0.39 is 0 Å². The maximum Gasteiger partial charge on any atom is 0.223 e. The Morgan fingerprint density at radius 2 is 1.96 bits per heavy atom. The number of aromatic nitrogens is 2. The zero-order chi connectivity index (χ0) is 18.8. The van der Waals surface area contributed by atoms with Crippen LogP contribution in [0.2, 0.25) is 0 Å². The van der Waals surface area contributed by atoms with Crippen LogP contribution in [0.4, 0.5) is 4.39 Å². The van der Waals surface area contributed by atoms with E-state index in [1.807, 2.05) is 23.1 Å². The lowest BCUT2D eigenvalue weighted by molar-refractivity contribution is -0.128. The number of para-hydroxylation sites is 2. The van der Waals surface area contributed by atoms with Crippen molar-refractivity contribution in [3.63, 3.8) is 0 Å². The van der Waals surface area contributed by atoms with Crippen molar-refractivity contribution >= 4 is 16.9 Å². The average molecular weight is 367 g/mol. The summed E-state index contributed by atoms with van der Waals surface area (Å²) in [6.07, 6.45) is 0.442. The fraction of sp³-hybridized carbons (Fsp3) is 0.333. The summed E-state index contributed by atoms with van der Waals surface area (Å²) >= 11 is 0. The molecule has 0 bridgehead atoms. The van der Waals surface area contributed by atoms with Gasteiger partial charge in [0.1, 0.15) is 11.6 Å². The number of imidazole rings is 1. The van der Waals surface area contributed by atoms with Crippen molar-refractivity contribution in [3.05, 3.63) is 65.7 Å². The van der Waals surface area contributed by atoms with Crippen LogP contribution in [0.25, 0.3) is 11.0 Å². The Morgan fingerprint density at radius 1 is 1.19 bits per heavy atom. The molecule has 5 nitrogen and oxygen atoms in total. The Kier molecular flexibility index (Phi) is 4.90. The molecule has 1 aliphatic rings. The van der Waals surface area contributed by atoms with E-state index in [9.17, 15) is 9.18 Å². The highest BCUT2D eigenvalue weighted by atomic mass is 19.1. The van der Waals surface area contributed by atoms with Gasteiger partial charge in [0.05, 0.1) is 17.6 Å². The molecule has 1 aliphatic heterocycles. The van der Waals surface area contributed by atoms with Crippen molar-refractivity contribution in [2.24, 2.45) is 0 Å². The lowest BCUT2D eigenvalue weighted by atomic mass is 10.1. The SMILES string of the molecule is COCCn1c([C@H]2CC(=O)N(Cc3ccc(F)cc3)C2)nc2ccccc21. The zero-order valence-electron chi connectivity index (χ0n) is 15.3. The van der Waals surface area contributed by atoms with Crippen LogP contribution in [-0.4, -0.2) is 40.6 Å². The lowest BCUT2D eigenvalue weighted by Gasteiger charge is -2.17. The number of nitrogens with zero attached hydrogens (tertiary/aromatic N) is 3. The maximum atomic E-state index is 13.1. The third kappa shape index (κ3) is 3.57. The Hall–Kier alpha value is -2.73. The van der Waals surface area contributed by atoms with E-state index in [0.29, 0.717) is 32.7 Å². The van der Waals surface area contributed by atoms with E-state index >= 15 is 0 Å². The van der Waals surface area contributed by atoms with E-state index in [1.165, 1.54) is 12.1 Å². The highest BCUT2D eigenvalue weighted by molar-refractivity contribution is 5.81. The summed E-state index contributed by atoms with van der Waals surface area (Å²) in [5.41, 5.74) is 2.93. The van der Waals surface area contributed by atoms with Gasteiger partial charge in [-0.3, -0.25) is 4.79 Å². The predicted molar refractivity (Wildman–Crippen MR) is 101 cm³/mol. The Labute approximate surface area is 157 Å². The van der Waals surface area contributed by atoms with Crippen LogP contribution in [0.15, 0.2) is 48.5 Å². The summed E-state index contributed by atoms with van der Waals surface area (Å²) in [7, 11) is 1.68. The van der Waals surface area contributed by atoms with Crippen molar-refractivity contribution in [1.29, 1.82) is 0 Å². The number of hydrogen-bond donors (Lipinski definition) is 0. The molecule has 0 aliphatic carbocycles. The quantitative estimate of drug-likeness (QED) is 0.671. The first-order valence-electron chi connectivity index (χ1n) is 9.12. The normalized spacial score (nSPS) is 17.2. The molecule has 2 heterocycles. The molecule has 6 heteroatoms. The van der Waals surface area contributed by atoms with Gasteiger partial charge in [-0.15, -0.1) is 0 Å². The first-order chi connectivity index (χ1) is 13.2. The molecule has 0 unspecified atom stereocenters. The molecule has 4 rings (SSSR count). The fourth-order valence-electron chi connectivity index (χ4n) is 3.73. The zero-order valence-corrected chi connectivity index (χ0v) is 15.3. The van der Waals surface area contributed by atoms with Crippen molar-refractivity contribution in [3.8, 4) is 0 Å². The molecule has 27 heavy (non-hydrogen) atoms. The molecule has 1 amide bonds. The summed E-state index contributed by atoms with van der Waals surface area (Å²) < 4.78 is 20.5. The van der Waals surface area contributed by atoms with E-state index in [2.05, 4.69) is 10.6 Å². The number of fused-ring (bicyclic) bond motifs is 1. The lowest BCUT2D eigenvalue weighted by Crippen LogP contribution is -2.24. The third-order valence-electron chi connectivity index (χ3n) is 5.07. The summed E-state index contributed by atoms with van der Waals surface area (Å²) in [6, 6.07) is 14.3. The smallest absolute Gasteiger partial charge is 0.223 e. The topological polar surface area (TPSA) is 47.4 Å². The molecule has 0 spiro atoms. The Morgan fingerprint density at radius 3 is 2.74 bits per heavy atom. The number of rotatable bonds is 6. The molecular weight excluding hydrogens is 345 g/mol. The molecule has 2 aromatic carbocycles. The highest BCUT2D eigenvalue weighted by Gasteiger charge is 2.33. The Balaban J connectivity index is 1.58. The van der Waals surface area contributed by atoms with E-state index in [4.69, 9.17) is 9.72 Å². The summed E-state index contributed by atoms with van der Waals surface area (Å²) in [6.45, 7) is 2.41. The third-order valence-corrected chi connectivity index (χ3v) is 5.07. The number of halogens is 1. The number of methoxy groups -OCH3 is 1. The number of benzene rings is 2. The van der Waals surface area contributed by atoms with Gasteiger partial charge >= 0.3 is 0 Å². The van der Waals surface area contributed by atoms with Crippen LogP contribution >= 0.6 is 0 Å². The molecule has 0 radical (unpaired) electrons. The number of carbonyl (C=O) groups excluding carboxylic acids is 1. The van der Waals surface area contributed by atoms with E-state index in [-0.39, 0.29) is 17.6 Å². The minimum absolute atomic E-state index is 0.0437. The van der Waals surface area contributed by atoms with Gasteiger partial charge in [0.25, 0.3) is 0 Å². The number of amides is 1. The van der Waals surface area contributed by atoms with Gasteiger partial charge in [0.15, 0.2) is 0 Å². The largest absolute Gasteiger partial charge is 0.383 e. The monoisotopic (exact) mass is 367 g/mol. The molecule has 0 N–H and O–H groups in total. The van der Waals surface area contributed by atoms with Gasteiger partial charge in [-0.1, -0.05) is 24.3 Å². The summed E-state index contributed by atoms with van der Waals surface area (Å²) in [5, 5.41) is 0. The van der Waals surface area contributed by atoms with Crippen molar-refractivity contribution in [1.82, 2.24) is 14.5 Å². The number of carbonyl (C=O) groups is 1. The van der Waals surface area contributed by atoms with Crippen LogP contribution < -0.4 is 0 Å². The van der Waals surface area contributed by atoms with E-state index in [0.717, 1.165) is 22.4 Å². The molecule has 140 valence electrons. The minimum atomic E-state index is -0.267. The van der Waals surface area contributed by atoms with Crippen LogP contribution in [0, 0.1) is 5.82 Å². The van der Waals surface area contributed by atoms with Gasteiger partial charge in [-0.05, 0) is 29.8 Å². The van der Waals surface area contributed by atoms with Crippen molar-refractivity contribution < 1.29 is 13.9 Å². The standard InChI is InChI=1S/C21H22FN3O2/c1-27-11-10-25-19-5-3-2-4-18(19)23-21(25)16-12-20(26)24(14-16)13-15-6-8-17(22)9-7-15/h2-9,16H,10-14H2,1H3/t16-/m0/s1. The van der Waals surface area contributed by atoms with Gasteiger partial charge in [-0.2, -0.15) is 0 Å². The molecule has 1 aromatic heterocycles. The highest BCUT2D eigenvalue weighted by Crippen LogP contribution is 2.31. The predicted octanol–water partition coefficient (Wildman–Crippen LogP) is 3.34. The van der Waals surface area contributed by atoms with Crippen LogP contribution in [-0.2, 0) is 22.6 Å². The van der Waals surface area contributed by atoms with Gasteiger partial charge in [0, 0.05) is 39.1 Å². The number of likely N-dealkylation sites (tertiary alicyclic amines) is 1. The minimum Gasteiger partial charge on any atom is -0.383 e. The van der Waals surface area contributed by atoms with E-state index in [1.54, 1.807) is 19.2 Å². The fourth-order valence-corrected chi connectivity index (χ4v) is 3.73. The van der Waals surface area contributed by atoms with Gasteiger partial charge in [0.2, 0.25) is 5.91 Å². The van der Waals surface area contributed by atoms with Crippen molar-refractivity contribution in [2.75, 3.05) is 20.3 Å². The van der Waals surface area contributed by atoms with Crippen LogP contribution in [0.1, 0.15) is 23.7 Å². The van der Waals surface area contributed by atoms with Crippen LogP contribution in [0.5, 0.6) is 0 Å². The second-order valence-corrected chi connectivity index (χ2v) is 6.90. The molecular formula is C21H22FN3O2. The van der Waals surface area contributed by atoms with Gasteiger partial charge in [-0.25, -0.2) is 9.37 Å². The summed E-state index contributed by atoms with van der Waals surface area (Å²) in [5.74, 6) is 0.816. The molecule has 1 saturated heterocycles. The second-order valence-electron chi connectivity index (χ2n) is 6.90. The first-order valence-corrected chi connectivity index (χ1v) is 9.12. The van der Waals surface area contributed by atoms with Gasteiger partial charge < -0.3 is 14.2 Å². The molecule has 3 aromatic rings.